The van der Waals surface area contributed by atoms with E-state index in [0.717, 1.165) is 37.8 Å². The first-order valence-electron chi connectivity index (χ1n) is 11.2. The fraction of sp³-hybridized carbons (Fsp3) is 0.348. The van der Waals surface area contributed by atoms with Gasteiger partial charge in [0, 0.05) is 60.6 Å². The van der Waals surface area contributed by atoms with Gasteiger partial charge in [-0.15, -0.1) is 0 Å². The Balaban J connectivity index is 1.52. The zero-order chi connectivity index (χ0) is 23.8. The average molecular weight is 469 g/mol. The van der Waals surface area contributed by atoms with Gasteiger partial charge in [0.1, 0.15) is 11.6 Å². The minimum absolute atomic E-state index is 0.0938. The Morgan fingerprint density at radius 3 is 2.74 bits per heavy atom. The second-order valence-corrected chi connectivity index (χ2v) is 8.47. The normalized spacial score (nSPS) is 16.3. The quantitative estimate of drug-likeness (QED) is 0.334. The van der Waals surface area contributed by atoms with Gasteiger partial charge in [-0.05, 0) is 26.3 Å². The van der Waals surface area contributed by atoms with Gasteiger partial charge >= 0.3 is 6.01 Å². The highest BCUT2D eigenvalue weighted by molar-refractivity contribution is 5.83. The van der Waals surface area contributed by atoms with Crippen molar-refractivity contribution in [2.24, 2.45) is 0 Å². The van der Waals surface area contributed by atoms with Gasteiger partial charge in [-0.25, -0.2) is 8.78 Å². The predicted octanol–water partition coefficient (Wildman–Crippen LogP) is 4.30. The molecule has 1 atom stereocenters. The summed E-state index contributed by atoms with van der Waals surface area (Å²) in [6.07, 6.45) is 0.975. The molecule has 1 aliphatic heterocycles. The molecule has 5 rings (SSSR count). The molecule has 3 aromatic heterocycles. The van der Waals surface area contributed by atoms with Crippen molar-refractivity contribution in [1.82, 2.24) is 30.5 Å². The number of ether oxygens (including phenoxy) is 1. The van der Waals surface area contributed by atoms with Crippen molar-refractivity contribution in [3.05, 3.63) is 47.3 Å². The summed E-state index contributed by atoms with van der Waals surface area (Å²) < 4.78 is 35.5. The van der Waals surface area contributed by atoms with Crippen LogP contribution in [0.4, 0.5) is 26.2 Å². The second-order valence-electron chi connectivity index (χ2n) is 8.47. The molecule has 0 bridgehead atoms. The number of rotatable bonds is 6. The van der Waals surface area contributed by atoms with E-state index in [0.29, 0.717) is 29.2 Å². The number of fused-ring (bicyclic) bond motifs is 1. The van der Waals surface area contributed by atoms with Gasteiger partial charge in [0.2, 0.25) is 0 Å². The van der Waals surface area contributed by atoms with Gasteiger partial charge in [-0.1, -0.05) is 6.92 Å². The molecule has 1 aliphatic rings. The molecule has 9 nitrogen and oxygen atoms in total. The lowest BCUT2D eigenvalue weighted by atomic mass is 10.1. The summed E-state index contributed by atoms with van der Waals surface area (Å²) in [6.45, 7) is 8.05. The van der Waals surface area contributed by atoms with E-state index < -0.39 is 11.6 Å². The smallest absolute Gasteiger partial charge is 0.326 e. The Kier molecular flexibility index (Phi) is 5.78. The molecule has 0 amide bonds. The third kappa shape index (κ3) is 4.38. The summed E-state index contributed by atoms with van der Waals surface area (Å²) in [7, 11) is 0. The Labute approximate surface area is 194 Å². The van der Waals surface area contributed by atoms with E-state index in [4.69, 9.17) is 4.74 Å². The highest BCUT2D eigenvalue weighted by Crippen LogP contribution is 2.33. The van der Waals surface area contributed by atoms with Gasteiger partial charge in [0.05, 0.1) is 5.52 Å². The molecule has 11 heteroatoms. The monoisotopic (exact) mass is 468 g/mol. The van der Waals surface area contributed by atoms with E-state index in [-0.39, 0.29) is 22.7 Å². The molecular formula is C23H26F2N8O. The van der Waals surface area contributed by atoms with Crippen LogP contribution >= 0.6 is 0 Å². The summed E-state index contributed by atoms with van der Waals surface area (Å²) in [6, 6.07) is 6.40. The van der Waals surface area contributed by atoms with E-state index in [9.17, 15) is 4.39 Å². The van der Waals surface area contributed by atoms with Crippen molar-refractivity contribution < 1.29 is 13.5 Å². The molecule has 1 unspecified atom stereocenters. The van der Waals surface area contributed by atoms with Crippen molar-refractivity contribution in [2.75, 3.05) is 29.9 Å². The molecule has 1 saturated heterocycles. The summed E-state index contributed by atoms with van der Waals surface area (Å²) in [5.74, 6) is 0.0433. The van der Waals surface area contributed by atoms with E-state index in [1.54, 1.807) is 13.0 Å². The number of halogens is 2. The Morgan fingerprint density at radius 2 is 1.97 bits per heavy atom. The number of benzene rings is 1. The van der Waals surface area contributed by atoms with Crippen LogP contribution in [0.25, 0.3) is 10.9 Å². The first-order valence-corrected chi connectivity index (χ1v) is 11.2. The van der Waals surface area contributed by atoms with Crippen LogP contribution in [0.3, 0.4) is 0 Å². The van der Waals surface area contributed by atoms with Crippen molar-refractivity contribution >= 4 is 28.4 Å². The van der Waals surface area contributed by atoms with Crippen molar-refractivity contribution in [3.63, 3.8) is 0 Å². The van der Waals surface area contributed by atoms with Crippen LogP contribution in [0.5, 0.6) is 11.8 Å². The molecule has 0 spiro atoms. The third-order valence-corrected chi connectivity index (χ3v) is 5.83. The van der Waals surface area contributed by atoms with Gasteiger partial charge in [0.25, 0.3) is 0 Å². The van der Waals surface area contributed by atoms with Crippen molar-refractivity contribution in [1.29, 1.82) is 0 Å². The molecule has 178 valence electrons. The van der Waals surface area contributed by atoms with E-state index in [1.165, 1.54) is 6.07 Å². The maximum atomic E-state index is 15.1. The highest BCUT2D eigenvalue weighted by atomic mass is 19.1. The Hall–Kier alpha value is -3.73. The lowest BCUT2D eigenvalue weighted by molar-refractivity contribution is 0.407. The molecule has 34 heavy (non-hydrogen) atoms. The molecule has 0 radical (unpaired) electrons. The molecule has 4 heterocycles. The molecule has 4 aromatic rings. The summed E-state index contributed by atoms with van der Waals surface area (Å²) in [4.78, 5) is 13.9. The van der Waals surface area contributed by atoms with Crippen LogP contribution in [0.15, 0.2) is 24.3 Å². The number of piperazine rings is 1. The van der Waals surface area contributed by atoms with Crippen molar-refractivity contribution in [3.8, 4) is 11.8 Å². The standard InChI is InChI=1S/C23H26F2N8O/c1-4-14-11-33(6-5-26-14)20-10-18(28-19-8-13(3)31-32-19)29-23(30-20)34-17-9-16(24)22-15(21(17)25)7-12(2)27-22/h7-10,14,26-27H,4-6,11H2,1-3H3,(H2,28,29,30,31,32). The van der Waals surface area contributed by atoms with Crippen LogP contribution in [0, 0.1) is 25.5 Å². The number of anilines is 3. The minimum atomic E-state index is -0.680. The Bertz CT molecular complexity index is 1330. The number of nitrogens with one attached hydrogen (secondary N) is 4. The van der Waals surface area contributed by atoms with Crippen LogP contribution < -0.4 is 20.3 Å². The number of nitrogens with zero attached hydrogens (tertiary/aromatic N) is 4. The third-order valence-electron chi connectivity index (χ3n) is 5.83. The molecule has 0 saturated carbocycles. The van der Waals surface area contributed by atoms with Gasteiger partial charge in [-0.2, -0.15) is 15.1 Å². The van der Waals surface area contributed by atoms with E-state index in [2.05, 4.69) is 47.6 Å². The van der Waals surface area contributed by atoms with Gasteiger partial charge in [0.15, 0.2) is 23.2 Å². The fourth-order valence-electron chi connectivity index (χ4n) is 4.11. The van der Waals surface area contributed by atoms with Crippen LogP contribution in [-0.4, -0.2) is 50.8 Å². The maximum absolute atomic E-state index is 15.1. The first kappa shape index (κ1) is 22.1. The predicted molar refractivity (Wildman–Crippen MR) is 126 cm³/mol. The first-order chi connectivity index (χ1) is 16.4. The van der Waals surface area contributed by atoms with Crippen LogP contribution in [-0.2, 0) is 0 Å². The molecule has 0 aliphatic carbocycles. The lowest BCUT2D eigenvalue weighted by Crippen LogP contribution is -2.50. The summed E-state index contributed by atoms with van der Waals surface area (Å²) in [5.41, 5.74) is 1.63. The van der Waals surface area contributed by atoms with Gasteiger partial charge in [-0.3, -0.25) is 5.10 Å². The summed E-state index contributed by atoms with van der Waals surface area (Å²) in [5, 5.41) is 13.8. The topological polar surface area (TPSA) is 107 Å². The lowest BCUT2D eigenvalue weighted by Gasteiger charge is -2.34. The number of hydrogen-bond donors (Lipinski definition) is 4. The number of hydrogen-bond acceptors (Lipinski definition) is 7. The number of aromatic amines is 2. The van der Waals surface area contributed by atoms with Crippen LogP contribution in [0.1, 0.15) is 24.7 Å². The Morgan fingerprint density at radius 1 is 1.12 bits per heavy atom. The number of aryl methyl sites for hydroxylation is 2. The zero-order valence-electron chi connectivity index (χ0n) is 19.2. The number of aromatic nitrogens is 5. The molecular weight excluding hydrogens is 442 g/mol. The van der Waals surface area contributed by atoms with E-state index >= 15 is 4.39 Å². The highest BCUT2D eigenvalue weighted by Gasteiger charge is 2.22. The SMILES string of the molecule is CCC1CN(c2cc(Nc3cc(C)[nH]n3)nc(Oc3cc(F)c4[nH]c(C)cc4c3F)n2)CCN1. The maximum Gasteiger partial charge on any atom is 0.326 e. The molecule has 1 fully saturated rings. The fourth-order valence-corrected chi connectivity index (χ4v) is 4.11. The summed E-state index contributed by atoms with van der Waals surface area (Å²) >= 11 is 0. The average Bonchev–Trinajstić information content (AvgIpc) is 3.42. The zero-order valence-corrected chi connectivity index (χ0v) is 19.2. The largest absolute Gasteiger partial charge is 0.421 e. The number of H-pyrrole nitrogens is 2. The minimum Gasteiger partial charge on any atom is -0.421 e. The molecule has 1 aromatic carbocycles. The van der Waals surface area contributed by atoms with Crippen LogP contribution in [0.2, 0.25) is 0 Å². The molecule has 4 N–H and O–H groups in total. The second kappa shape index (κ2) is 8.90. The van der Waals surface area contributed by atoms with Gasteiger partial charge < -0.3 is 25.3 Å². The van der Waals surface area contributed by atoms with E-state index in [1.807, 2.05) is 13.0 Å². The van der Waals surface area contributed by atoms with Crippen molar-refractivity contribution in [2.45, 2.75) is 33.2 Å².